The largest absolute Gasteiger partial charge is 0.368 e. The van der Waals surface area contributed by atoms with Gasteiger partial charge in [-0.2, -0.15) is 0 Å². The molecule has 4 atom stereocenters. The lowest BCUT2D eigenvalue weighted by molar-refractivity contribution is -0.129. The van der Waals surface area contributed by atoms with E-state index in [1.807, 2.05) is 31.2 Å². The highest BCUT2D eigenvalue weighted by molar-refractivity contribution is 6.31. The molecule has 0 amide bonds. The Morgan fingerprint density at radius 1 is 1.33 bits per heavy atom. The van der Waals surface area contributed by atoms with Gasteiger partial charge < -0.3 is 18.9 Å². The summed E-state index contributed by atoms with van der Waals surface area (Å²) >= 11 is 6.09. The molecular formula is C13H15ClO4. The van der Waals surface area contributed by atoms with E-state index in [9.17, 15) is 0 Å². The maximum atomic E-state index is 6.09. The minimum atomic E-state index is -0.295. The molecule has 0 bridgehead atoms. The lowest BCUT2D eigenvalue weighted by Gasteiger charge is -2.19. The molecule has 2 heterocycles. The van der Waals surface area contributed by atoms with Crippen LogP contribution in [0.1, 0.15) is 12.5 Å². The molecule has 4 nitrogen and oxygen atoms in total. The van der Waals surface area contributed by atoms with Crippen LogP contribution in [0.4, 0.5) is 0 Å². The van der Waals surface area contributed by atoms with E-state index in [4.69, 9.17) is 30.5 Å². The maximum absolute atomic E-state index is 6.09. The first kappa shape index (κ1) is 12.4. The minimum Gasteiger partial charge on any atom is -0.368 e. The summed E-state index contributed by atoms with van der Waals surface area (Å²) in [6.45, 7) is 2.68. The number of fused-ring (bicyclic) bond motifs is 1. The van der Waals surface area contributed by atoms with Crippen molar-refractivity contribution in [1.82, 2.24) is 0 Å². The van der Waals surface area contributed by atoms with Gasteiger partial charge in [-0.25, -0.2) is 0 Å². The average Bonchev–Trinajstić information content (AvgIpc) is 2.90. The first-order valence-electron chi connectivity index (χ1n) is 5.99. The van der Waals surface area contributed by atoms with Crippen LogP contribution in [0, 0.1) is 0 Å². The van der Waals surface area contributed by atoms with Crippen LogP contribution in [0.5, 0.6) is 0 Å². The molecule has 0 radical (unpaired) electrons. The molecule has 2 aliphatic heterocycles. The van der Waals surface area contributed by atoms with E-state index >= 15 is 0 Å². The van der Waals surface area contributed by atoms with Gasteiger partial charge in [-0.1, -0.05) is 29.8 Å². The van der Waals surface area contributed by atoms with E-state index in [0.29, 0.717) is 11.6 Å². The van der Waals surface area contributed by atoms with Crippen molar-refractivity contribution in [2.45, 2.75) is 38.1 Å². The van der Waals surface area contributed by atoms with Gasteiger partial charge >= 0.3 is 0 Å². The van der Waals surface area contributed by atoms with Gasteiger partial charge in [0, 0.05) is 5.02 Å². The Bertz CT molecular complexity index is 425. The Morgan fingerprint density at radius 2 is 2.17 bits per heavy atom. The van der Waals surface area contributed by atoms with E-state index in [1.165, 1.54) is 0 Å². The molecule has 1 aromatic carbocycles. The van der Waals surface area contributed by atoms with E-state index in [2.05, 4.69) is 0 Å². The quantitative estimate of drug-likeness (QED) is 0.845. The van der Waals surface area contributed by atoms with Gasteiger partial charge in [-0.15, -0.1) is 0 Å². The van der Waals surface area contributed by atoms with Crippen LogP contribution in [0.3, 0.4) is 0 Å². The summed E-state index contributed by atoms with van der Waals surface area (Å²) in [6.07, 6.45) is -0.588. The van der Waals surface area contributed by atoms with Crippen molar-refractivity contribution in [3.05, 3.63) is 34.9 Å². The van der Waals surface area contributed by atoms with Crippen molar-refractivity contribution in [2.75, 3.05) is 6.79 Å². The maximum Gasteiger partial charge on any atom is 0.189 e. The number of hydrogen-bond acceptors (Lipinski definition) is 4. The summed E-state index contributed by atoms with van der Waals surface area (Å²) in [4.78, 5) is 0. The molecule has 18 heavy (non-hydrogen) atoms. The third-order valence-corrected chi connectivity index (χ3v) is 3.65. The zero-order valence-electron chi connectivity index (χ0n) is 10.0. The molecule has 5 heteroatoms. The summed E-state index contributed by atoms with van der Waals surface area (Å²) in [5.74, 6) is 0. The van der Waals surface area contributed by atoms with Crippen LogP contribution in [0.25, 0.3) is 0 Å². The van der Waals surface area contributed by atoms with Crippen molar-refractivity contribution >= 4 is 11.6 Å². The molecular weight excluding hydrogens is 256 g/mol. The highest BCUT2D eigenvalue weighted by atomic mass is 35.5. The topological polar surface area (TPSA) is 36.9 Å². The normalized spacial score (nSPS) is 34.8. The summed E-state index contributed by atoms with van der Waals surface area (Å²) in [7, 11) is 0. The van der Waals surface area contributed by atoms with Crippen molar-refractivity contribution < 1.29 is 18.9 Å². The number of benzene rings is 1. The monoisotopic (exact) mass is 270 g/mol. The molecule has 0 aliphatic carbocycles. The Kier molecular flexibility index (Phi) is 3.54. The van der Waals surface area contributed by atoms with Crippen molar-refractivity contribution in [2.24, 2.45) is 0 Å². The van der Waals surface area contributed by atoms with Crippen LogP contribution in [-0.2, 0) is 25.6 Å². The summed E-state index contributed by atoms with van der Waals surface area (Å²) in [6, 6.07) is 7.65. The molecule has 2 fully saturated rings. The zero-order valence-corrected chi connectivity index (χ0v) is 10.8. The Labute approximate surface area is 111 Å². The van der Waals surface area contributed by atoms with Gasteiger partial charge in [0.2, 0.25) is 0 Å². The van der Waals surface area contributed by atoms with Crippen molar-refractivity contribution in [1.29, 1.82) is 0 Å². The van der Waals surface area contributed by atoms with Crippen molar-refractivity contribution in [3.8, 4) is 0 Å². The number of rotatable bonds is 3. The van der Waals surface area contributed by atoms with Gasteiger partial charge in [-0.05, 0) is 18.6 Å². The highest BCUT2D eigenvalue weighted by Gasteiger charge is 2.48. The summed E-state index contributed by atoms with van der Waals surface area (Å²) in [5, 5.41) is 0.712. The molecule has 0 N–H and O–H groups in total. The van der Waals surface area contributed by atoms with Crippen molar-refractivity contribution in [3.63, 3.8) is 0 Å². The molecule has 1 aromatic rings. The standard InChI is InChI=1S/C13H15ClO4/c1-8-11(12-13(18-8)17-7-16-12)15-6-9-4-2-3-5-10(9)14/h2-5,8,11-13H,6-7H2,1H3/t8-,11+,12-,13+/m1/s1. The number of halogens is 1. The smallest absolute Gasteiger partial charge is 0.189 e. The molecule has 0 aromatic heterocycles. The van der Waals surface area contributed by atoms with Crippen LogP contribution in [0.2, 0.25) is 5.02 Å². The fraction of sp³-hybridized carbons (Fsp3) is 0.538. The van der Waals surface area contributed by atoms with Crippen LogP contribution in [0.15, 0.2) is 24.3 Å². The van der Waals surface area contributed by atoms with Crippen LogP contribution < -0.4 is 0 Å². The molecule has 0 unspecified atom stereocenters. The van der Waals surface area contributed by atoms with Gasteiger partial charge in [0.15, 0.2) is 13.1 Å². The molecule has 3 rings (SSSR count). The third-order valence-electron chi connectivity index (χ3n) is 3.29. The Morgan fingerprint density at radius 3 is 3.00 bits per heavy atom. The highest BCUT2D eigenvalue weighted by Crippen LogP contribution is 2.32. The average molecular weight is 271 g/mol. The first-order chi connectivity index (χ1) is 8.75. The number of ether oxygens (including phenoxy) is 4. The minimum absolute atomic E-state index is 0.0391. The summed E-state index contributed by atoms with van der Waals surface area (Å²) in [5.41, 5.74) is 0.966. The molecule has 98 valence electrons. The fourth-order valence-electron chi connectivity index (χ4n) is 2.31. The van der Waals surface area contributed by atoms with Crippen LogP contribution in [-0.4, -0.2) is 31.4 Å². The van der Waals surface area contributed by atoms with E-state index in [0.717, 1.165) is 5.56 Å². The lowest BCUT2D eigenvalue weighted by atomic mass is 10.1. The van der Waals surface area contributed by atoms with E-state index in [1.54, 1.807) is 0 Å². The second-order valence-corrected chi connectivity index (χ2v) is 4.90. The Balaban J connectivity index is 1.64. The molecule has 2 saturated heterocycles. The zero-order chi connectivity index (χ0) is 12.5. The van der Waals surface area contributed by atoms with Gasteiger partial charge in [-0.3, -0.25) is 0 Å². The van der Waals surface area contributed by atoms with Gasteiger partial charge in [0.25, 0.3) is 0 Å². The SMILES string of the molecule is C[C@H]1O[C@@H]2OCO[C@@H]2[C@H]1OCc1ccccc1Cl. The fourth-order valence-corrected chi connectivity index (χ4v) is 2.50. The first-order valence-corrected chi connectivity index (χ1v) is 6.37. The number of hydrogen-bond donors (Lipinski definition) is 0. The molecule has 0 saturated carbocycles. The second kappa shape index (κ2) is 5.15. The van der Waals surface area contributed by atoms with E-state index in [-0.39, 0.29) is 31.4 Å². The molecule has 2 aliphatic rings. The predicted molar refractivity (Wildman–Crippen MR) is 65.2 cm³/mol. The second-order valence-electron chi connectivity index (χ2n) is 4.49. The third kappa shape index (κ3) is 2.27. The van der Waals surface area contributed by atoms with Gasteiger partial charge in [0.1, 0.15) is 12.2 Å². The van der Waals surface area contributed by atoms with E-state index < -0.39 is 0 Å². The predicted octanol–water partition coefficient (Wildman–Crippen LogP) is 2.34. The Hall–Kier alpha value is -0.650. The lowest BCUT2D eigenvalue weighted by Crippen LogP contribution is -2.33. The van der Waals surface area contributed by atoms with Gasteiger partial charge in [0.05, 0.1) is 12.7 Å². The molecule has 0 spiro atoms. The van der Waals surface area contributed by atoms with Crippen LogP contribution >= 0.6 is 11.6 Å². The summed E-state index contributed by atoms with van der Waals surface area (Å²) < 4.78 is 22.3.